The molecule has 0 unspecified atom stereocenters. The van der Waals surface area contributed by atoms with Gasteiger partial charge >= 0.3 is 0 Å². The van der Waals surface area contributed by atoms with Gasteiger partial charge in [0.2, 0.25) is 17.8 Å². The third-order valence-electron chi connectivity index (χ3n) is 2.52. The highest BCUT2D eigenvalue weighted by atomic mass is 79.9. The normalized spacial score (nSPS) is 8.95. The van der Waals surface area contributed by atoms with Crippen molar-refractivity contribution in [2.75, 3.05) is 0 Å². The summed E-state index contributed by atoms with van der Waals surface area (Å²) in [6.45, 7) is 0.424. The summed E-state index contributed by atoms with van der Waals surface area (Å²) in [5, 5.41) is 1.96. The molecule has 21 heavy (non-hydrogen) atoms. The molecule has 3 aromatic rings. The second kappa shape index (κ2) is 9.96. The number of rotatable bonds is 3. The van der Waals surface area contributed by atoms with Crippen LogP contribution in [-0.4, -0.2) is 10.8 Å². The Morgan fingerprint density at radius 3 is 2.19 bits per heavy atom. The maximum absolute atomic E-state index is 11.7. The summed E-state index contributed by atoms with van der Waals surface area (Å²) < 4.78 is 1.89. The first kappa shape index (κ1) is 17.2. The fourth-order valence-corrected chi connectivity index (χ4v) is 2.14. The first-order chi connectivity index (χ1) is 9.86. The summed E-state index contributed by atoms with van der Waals surface area (Å²) in [7, 11) is 0. The zero-order valence-corrected chi connectivity index (χ0v) is 13.7. The molecule has 2 aromatic heterocycles. The van der Waals surface area contributed by atoms with E-state index in [0.29, 0.717) is 6.54 Å². The smallest absolute Gasteiger partial charge is 0.227 e. The molecular formula is C16H15BrN2OS. The largest absolute Gasteiger partial charge is 1.00 e. The highest BCUT2D eigenvalue weighted by Gasteiger charge is 2.10. The number of hydrogen-bond acceptors (Lipinski definition) is 3. The molecule has 0 bridgehead atoms. The van der Waals surface area contributed by atoms with E-state index in [1.54, 1.807) is 23.7 Å². The molecule has 3 nitrogen and oxygen atoms in total. The van der Waals surface area contributed by atoms with Gasteiger partial charge in [0.1, 0.15) is 0 Å². The van der Waals surface area contributed by atoms with Gasteiger partial charge in [-0.2, -0.15) is 4.57 Å². The molecule has 0 saturated carbocycles. The molecule has 0 aliphatic heterocycles. The summed E-state index contributed by atoms with van der Waals surface area (Å²) >= 11 is 1.59. The van der Waals surface area contributed by atoms with Crippen LogP contribution in [0.2, 0.25) is 0 Å². The number of carbonyl (C=O) groups excluding carboxylic acids is 1. The second-order valence-electron chi connectivity index (χ2n) is 4.01. The number of benzene rings is 1. The molecule has 108 valence electrons. The predicted molar refractivity (Wildman–Crippen MR) is 79.5 cm³/mol. The van der Waals surface area contributed by atoms with Gasteiger partial charge in [-0.3, -0.25) is 9.78 Å². The van der Waals surface area contributed by atoms with Crippen LogP contribution in [0.4, 0.5) is 0 Å². The standard InChI is InChI=1S/C11H10NOS.C5H5N.BrH/c13-11(8-12-6-7-14-9-12)10-4-2-1-3-5-10;1-2-4-6-5-3-1;/h1-7,9H,8H2;1-5H;1H/q+1;;/p-1. The van der Waals surface area contributed by atoms with Crippen LogP contribution in [0.5, 0.6) is 0 Å². The van der Waals surface area contributed by atoms with Crippen LogP contribution in [0, 0.1) is 0 Å². The molecule has 0 saturated heterocycles. The van der Waals surface area contributed by atoms with Gasteiger partial charge in [-0.1, -0.05) is 47.7 Å². The lowest BCUT2D eigenvalue weighted by Gasteiger charge is -1.94. The number of thiazole rings is 1. The van der Waals surface area contributed by atoms with E-state index in [-0.39, 0.29) is 22.8 Å². The average molecular weight is 363 g/mol. The van der Waals surface area contributed by atoms with E-state index in [1.165, 1.54) is 0 Å². The molecule has 3 rings (SSSR count). The van der Waals surface area contributed by atoms with Gasteiger partial charge in [0.25, 0.3) is 0 Å². The van der Waals surface area contributed by atoms with Crippen molar-refractivity contribution in [1.82, 2.24) is 4.98 Å². The van der Waals surface area contributed by atoms with Gasteiger partial charge in [0.15, 0.2) is 6.20 Å². The topological polar surface area (TPSA) is 33.8 Å². The number of hydrogen-bond donors (Lipinski definition) is 0. The number of ketones is 1. The van der Waals surface area contributed by atoms with E-state index in [9.17, 15) is 4.79 Å². The average Bonchev–Trinajstić information content (AvgIpc) is 3.03. The van der Waals surface area contributed by atoms with Gasteiger partial charge in [-0.05, 0) is 12.1 Å². The Morgan fingerprint density at radius 2 is 1.71 bits per heavy atom. The Kier molecular flexibility index (Phi) is 8.16. The monoisotopic (exact) mass is 362 g/mol. The van der Waals surface area contributed by atoms with Crippen molar-refractivity contribution in [3.8, 4) is 0 Å². The van der Waals surface area contributed by atoms with E-state index in [1.807, 2.05) is 70.2 Å². The van der Waals surface area contributed by atoms with Crippen LogP contribution >= 0.6 is 11.3 Å². The molecule has 0 aliphatic rings. The minimum absolute atomic E-state index is 0. The van der Waals surface area contributed by atoms with Crippen molar-refractivity contribution in [3.63, 3.8) is 0 Å². The third kappa shape index (κ3) is 6.42. The van der Waals surface area contributed by atoms with Gasteiger partial charge < -0.3 is 17.0 Å². The van der Waals surface area contributed by atoms with E-state index >= 15 is 0 Å². The minimum Gasteiger partial charge on any atom is -1.00 e. The zero-order valence-electron chi connectivity index (χ0n) is 11.3. The summed E-state index contributed by atoms with van der Waals surface area (Å²) in [6.07, 6.45) is 5.41. The SMILES string of the molecule is O=C(C[n+]1ccsc1)c1ccccc1.[Br-].c1ccncc1. The molecule has 0 N–H and O–H groups in total. The molecule has 0 radical (unpaired) electrons. The van der Waals surface area contributed by atoms with E-state index in [4.69, 9.17) is 0 Å². The fraction of sp³-hybridized carbons (Fsp3) is 0.0625. The van der Waals surface area contributed by atoms with Gasteiger partial charge in [0, 0.05) is 18.0 Å². The van der Waals surface area contributed by atoms with Crippen LogP contribution in [0.25, 0.3) is 0 Å². The summed E-state index contributed by atoms with van der Waals surface area (Å²) in [6, 6.07) is 15.1. The Labute approximate surface area is 138 Å². The van der Waals surface area contributed by atoms with E-state index < -0.39 is 0 Å². The molecule has 0 amide bonds. The quantitative estimate of drug-likeness (QED) is 0.485. The third-order valence-corrected chi connectivity index (χ3v) is 3.19. The zero-order chi connectivity index (χ0) is 14.0. The maximum Gasteiger partial charge on any atom is 0.227 e. The van der Waals surface area contributed by atoms with Gasteiger partial charge in [-0.15, -0.1) is 0 Å². The molecule has 5 heteroatoms. The van der Waals surface area contributed by atoms with Crippen molar-refractivity contribution in [1.29, 1.82) is 0 Å². The molecule has 0 atom stereocenters. The minimum atomic E-state index is 0. The summed E-state index contributed by atoms with van der Waals surface area (Å²) in [5.74, 6) is 0.147. The Morgan fingerprint density at radius 1 is 1.05 bits per heavy atom. The van der Waals surface area contributed by atoms with Crippen LogP contribution in [0.15, 0.2) is 78.0 Å². The summed E-state index contributed by atoms with van der Waals surface area (Å²) in [4.78, 5) is 15.5. The molecule has 0 fully saturated rings. The number of pyridine rings is 1. The number of nitrogens with zero attached hydrogens (tertiary/aromatic N) is 2. The van der Waals surface area contributed by atoms with Crippen molar-refractivity contribution < 1.29 is 26.3 Å². The lowest BCUT2D eigenvalue weighted by molar-refractivity contribution is -0.678. The fourth-order valence-electron chi connectivity index (χ4n) is 1.55. The molecule has 0 aliphatic carbocycles. The number of aromatic nitrogens is 2. The first-order valence-corrected chi connectivity index (χ1v) is 7.15. The predicted octanol–water partition coefficient (Wildman–Crippen LogP) is 0.00410. The van der Waals surface area contributed by atoms with E-state index in [0.717, 1.165) is 5.56 Å². The first-order valence-electron chi connectivity index (χ1n) is 6.21. The van der Waals surface area contributed by atoms with Crippen molar-refractivity contribution in [2.45, 2.75) is 6.54 Å². The van der Waals surface area contributed by atoms with Gasteiger partial charge in [0.05, 0.1) is 5.38 Å². The number of halogens is 1. The van der Waals surface area contributed by atoms with Crippen LogP contribution < -0.4 is 21.5 Å². The Hall–Kier alpha value is -1.85. The second-order valence-corrected chi connectivity index (χ2v) is 4.77. The highest BCUT2D eigenvalue weighted by molar-refractivity contribution is 7.07. The molecular weight excluding hydrogens is 348 g/mol. The lowest BCUT2D eigenvalue weighted by Crippen LogP contribution is -3.00. The Balaban J connectivity index is 0.000000267. The number of Topliss-reactive ketones (excluding diaryl/α,β-unsaturated/α-hetero) is 1. The van der Waals surface area contributed by atoms with Crippen LogP contribution in [-0.2, 0) is 6.54 Å². The summed E-state index contributed by atoms with van der Waals surface area (Å²) in [5.41, 5.74) is 2.70. The molecule has 1 aromatic carbocycles. The van der Waals surface area contributed by atoms with Crippen molar-refractivity contribution in [2.24, 2.45) is 0 Å². The van der Waals surface area contributed by atoms with Crippen LogP contribution in [0.3, 0.4) is 0 Å². The Bertz CT molecular complexity index is 589. The van der Waals surface area contributed by atoms with Crippen molar-refractivity contribution in [3.05, 3.63) is 83.6 Å². The lowest BCUT2D eigenvalue weighted by atomic mass is 10.1. The van der Waals surface area contributed by atoms with Gasteiger partial charge in [-0.25, -0.2) is 0 Å². The molecule has 2 heterocycles. The highest BCUT2D eigenvalue weighted by Crippen LogP contribution is 2.00. The van der Waals surface area contributed by atoms with Crippen LogP contribution in [0.1, 0.15) is 10.4 Å². The van der Waals surface area contributed by atoms with Crippen molar-refractivity contribution >= 4 is 17.1 Å². The molecule has 0 spiro atoms. The van der Waals surface area contributed by atoms with E-state index in [2.05, 4.69) is 4.98 Å². The maximum atomic E-state index is 11.7. The number of carbonyl (C=O) groups is 1.